The van der Waals surface area contributed by atoms with Crippen LogP contribution in [0.4, 0.5) is 0 Å². The maximum absolute atomic E-state index is 11.3. The zero-order valence-corrected chi connectivity index (χ0v) is 8.75. The van der Waals surface area contributed by atoms with Crippen molar-refractivity contribution in [2.75, 3.05) is 0 Å². The van der Waals surface area contributed by atoms with Crippen molar-refractivity contribution in [3.8, 4) is 0 Å². The molecule has 0 aliphatic heterocycles. The van der Waals surface area contributed by atoms with Crippen molar-refractivity contribution in [2.45, 2.75) is 26.1 Å². The van der Waals surface area contributed by atoms with Gasteiger partial charge in [-0.1, -0.05) is 5.21 Å². The van der Waals surface area contributed by atoms with Gasteiger partial charge in [0.15, 0.2) is 0 Å². The largest absolute Gasteiger partial charge is 0.480 e. The molecule has 0 saturated carbocycles. The number of amides is 1. The summed E-state index contributed by atoms with van der Waals surface area (Å²) in [5.41, 5.74) is 5.89. The van der Waals surface area contributed by atoms with E-state index in [9.17, 15) is 9.59 Å². The van der Waals surface area contributed by atoms with Gasteiger partial charge in [0, 0.05) is 6.54 Å². The van der Waals surface area contributed by atoms with Gasteiger partial charge in [-0.3, -0.25) is 9.59 Å². The molecule has 0 aromatic carbocycles. The van der Waals surface area contributed by atoms with E-state index in [0.717, 1.165) is 0 Å². The number of hydrogen-bond donors (Lipinski definition) is 3. The number of carbonyl (C=O) groups excluding carboxylic acids is 1. The first-order valence-corrected chi connectivity index (χ1v) is 4.64. The highest BCUT2D eigenvalue weighted by Crippen LogP contribution is 1.91. The second-order valence-corrected chi connectivity index (χ2v) is 3.24. The highest BCUT2D eigenvalue weighted by Gasteiger charge is 2.14. The van der Waals surface area contributed by atoms with Crippen LogP contribution in [0.3, 0.4) is 0 Å². The minimum atomic E-state index is -1.09. The number of carboxylic acid groups (broad SMARTS) is 1. The maximum Gasteiger partial charge on any atom is 0.325 e. The van der Waals surface area contributed by atoms with E-state index in [1.165, 1.54) is 17.8 Å². The fraction of sp³-hybridized carbons (Fsp3) is 0.500. The first-order valence-electron chi connectivity index (χ1n) is 4.64. The van der Waals surface area contributed by atoms with Gasteiger partial charge in [-0.15, -0.1) is 5.10 Å². The van der Waals surface area contributed by atoms with Crippen LogP contribution in [0.2, 0.25) is 0 Å². The molecule has 1 amide bonds. The molecule has 1 aromatic heterocycles. The Morgan fingerprint density at radius 1 is 1.69 bits per heavy atom. The fourth-order valence-corrected chi connectivity index (χ4v) is 1.01. The molecule has 8 heteroatoms. The average Bonchev–Trinajstić information content (AvgIpc) is 2.65. The minimum Gasteiger partial charge on any atom is -0.480 e. The van der Waals surface area contributed by atoms with E-state index in [2.05, 4.69) is 15.6 Å². The predicted molar refractivity (Wildman–Crippen MR) is 53.2 cm³/mol. The number of nitrogens with two attached hydrogens (primary N) is 1. The van der Waals surface area contributed by atoms with Crippen LogP contribution in [0.25, 0.3) is 0 Å². The molecule has 0 saturated heterocycles. The number of nitrogens with one attached hydrogen (secondary N) is 1. The summed E-state index contributed by atoms with van der Waals surface area (Å²) in [6.45, 7) is 1.55. The molecule has 88 valence electrons. The topological polar surface area (TPSA) is 123 Å². The van der Waals surface area contributed by atoms with Gasteiger partial charge in [-0.2, -0.15) is 0 Å². The lowest BCUT2D eigenvalue weighted by molar-refractivity contribution is -0.141. The number of aliphatic carboxylic acids is 1. The van der Waals surface area contributed by atoms with Crippen molar-refractivity contribution in [1.82, 2.24) is 20.3 Å². The van der Waals surface area contributed by atoms with Gasteiger partial charge < -0.3 is 16.2 Å². The van der Waals surface area contributed by atoms with E-state index >= 15 is 0 Å². The molecule has 0 radical (unpaired) electrons. The third-order valence-corrected chi connectivity index (χ3v) is 1.85. The molecule has 0 fully saturated rings. The van der Waals surface area contributed by atoms with Crippen LogP contribution in [-0.2, 0) is 22.7 Å². The smallest absolute Gasteiger partial charge is 0.325 e. The van der Waals surface area contributed by atoms with Crippen LogP contribution in [0.15, 0.2) is 6.20 Å². The monoisotopic (exact) mass is 227 g/mol. The highest BCUT2D eigenvalue weighted by atomic mass is 16.4. The number of carboxylic acids is 1. The average molecular weight is 227 g/mol. The molecule has 8 nitrogen and oxygen atoms in total. The Hall–Kier alpha value is -1.96. The summed E-state index contributed by atoms with van der Waals surface area (Å²) >= 11 is 0. The fourth-order valence-electron chi connectivity index (χ4n) is 1.01. The second kappa shape index (κ2) is 5.21. The molecule has 4 N–H and O–H groups in total. The van der Waals surface area contributed by atoms with Crippen LogP contribution < -0.4 is 11.1 Å². The van der Waals surface area contributed by atoms with Gasteiger partial charge >= 0.3 is 5.97 Å². The third kappa shape index (κ3) is 3.31. The van der Waals surface area contributed by atoms with Crippen molar-refractivity contribution >= 4 is 11.9 Å². The van der Waals surface area contributed by atoms with E-state index in [4.69, 9.17) is 10.8 Å². The molecular formula is C8H13N5O3. The van der Waals surface area contributed by atoms with E-state index in [1.54, 1.807) is 0 Å². The quantitative estimate of drug-likeness (QED) is 0.552. The first kappa shape index (κ1) is 12.1. The van der Waals surface area contributed by atoms with Crippen LogP contribution in [-0.4, -0.2) is 38.0 Å². The van der Waals surface area contributed by atoms with Crippen molar-refractivity contribution in [2.24, 2.45) is 5.73 Å². The van der Waals surface area contributed by atoms with Gasteiger partial charge in [0.05, 0.1) is 11.9 Å². The van der Waals surface area contributed by atoms with Gasteiger partial charge in [-0.25, -0.2) is 4.68 Å². The van der Waals surface area contributed by atoms with Crippen LogP contribution in [0.1, 0.15) is 12.6 Å². The molecule has 1 aromatic rings. The van der Waals surface area contributed by atoms with E-state index in [1.807, 2.05) is 0 Å². The Morgan fingerprint density at radius 3 is 2.88 bits per heavy atom. The zero-order valence-electron chi connectivity index (χ0n) is 8.75. The lowest BCUT2D eigenvalue weighted by Crippen LogP contribution is -2.40. The number of aromatic nitrogens is 3. The van der Waals surface area contributed by atoms with Gasteiger partial charge in [0.1, 0.15) is 12.6 Å². The zero-order chi connectivity index (χ0) is 12.1. The Bertz CT molecular complexity index is 389. The molecule has 1 rings (SSSR count). The SMILES string of the molecule is C[C@H](NC(=O)Cn1cc(CN)nn1)C(=O)O. The lowest BCUT2D eigenvalue weighted by Gasteiger charge is -2.08. The number of hydrogen-bond acceptors (Lipinski definition) is 5. The summed E-state index contributed by atoms with van der Waals surface area (Å²) in [5.74, 6) is -1.53. The standard InChI is InChI=1S/C8H13N5O3/c1-5(8(15)16)10-7(14)4-13-3-6(2-9)11-12-13/h3,5H,2,4,9H2,1H3,(H,10,14)(H,15,16)/t5-/m0/s1. The molecule has 0 aliphatic rings. The second-order valence-electron chi connectivity index (χ2n) is 3.24. The molecule has 1 atom stereocenters. The molecule has 0 aliphatic carbocycles. The summed E-state index contributed by atoms with van der Waals surface area (Å²) in [4.78, 5) is 21.8. The maximum atomic E-state index is 11.3. The van der Waals surface area contributed by atoms with Crippen LogP contribution in [0, 0.1) is 0 Å². The molecule has 0 unspecified atom stereocenters. The Kier molecular flexibility index (Phi) is 3.95. The molecule has 1 heterocycles. The molecule has 0 bridgehead atoms. The van der Waals surface area contributed by atoms with E-state index in [0.29, 0.717) is 5.69 Å². The minimum absolute atomic E-state index is 0.0788. The summed E-state index contributed by atoms with van der Waals surface area (Å²) in [6, 6.07) is -0.926. The summed E-state index contributed by atoms with van der Waals surface area (Å²) in [5, 5.41) is 18.2. The van der Waals surface area contributed by atoms with Crippen molar-refractivity contribution in [3.63, 3.8) is 0 Å². The van der Waals surface area contributed by atoms with E-state index < -0.39 is 17.9 Å². The van der Waals surface area contributed by atoms with Crippen LogP contribution in [0.5, 0.6) is 0 Å². The first-order chi connectivity index (χ1) is 7.52. The van der Waals surface area contributed by atoms with Gasteiger partial charge in [0.25, 0.3) is 0 Å². The third-order valence-electron chi connectivity index (χ3n) is 1.85. The highest BCUT2D eigenvalue weighted by molar-refractivity contribution is 5.82. The lowest BCUT2D eigenvalue weighted by atomic mass is 10.3. The Balaban J connectivity index is 2.48. The van der Waals surface area contributed by atoms with Crippen LogP contribution >= 0.6 is 0 Å². The number of rotatable bonds is 5. The number of nitrogens with zero attached hydrogens (tertiary/aromatic N) is 3. The molecular weight excluding hydrogens is 214 g/mol. The van der Waals surface area contributed by atoms with Gasteiger partial charge in [-0.05, 0) is 6.92 Å². The summed E-state index contributed by atoms with van der Waals surface area (Å²) < 4.78 is 1.30. The molecule has 16 heavy (non-hydrogen) atoms. The Labute approximate surface area is 91.4 Å². The summed E-state index contributed by atoms with van der Waals surface area (Å²) in [7, 11) is 0. The van der Waals surface area contributed by atoms with Gasteiger partial charge in [0.2, 0.25) is 5.91 Å². The van der Waals surface area contributed by atoms with Crippen molar-refractivity contribution in [3.05, 3.63) is 11.9 Å². The molecule has 0 spiro atoms. The van der Waals surface area contributed by atoms with Crippen molar-refractivity contribution < 1.29 is 14.7 Å². The van der Waals surface area contributed by atoms with E-state index in [-0.39, 0.29) is 13.1 Å². The predicted octanol–water partition coefficient (Wildman–Crippen LogP) is -1.67. The Morgan fingerprint density at radius 2 is 2.38 bits per heavy atom. The number of carbonyl (C=O) groups is 2. The summed E-state index contributed by atoms with van der Waals surface area (Å²) in [6.07, 6.45) is 1.53. The normalized spacial score (nSPS) is 12.1. The van der Waals surface area contributed by atoms with Crippen molar-refractivity contribution in [1.29, 1.82) is 0 Å².